The molecule has 0 atom stereocenters. The van der Waals surface area contributed by atoms with Gasteiger partial charge in [0.25, 0.3) is 11.8 Å². The Bertz CT molecular complexity index is 1190. The first-order chi connectivity index (χ1) is 16.5. The second-order valence-electron chi connectivity index (χ2n) is 8.47. The van der Waals surface area contributed by atoms with E-state index in [2.05, 4.69) is 5.32 Å². The molecule has 1 aliphatic rings. The number of halogens is 1. The van der Waals surface area contributed by atoms with Gasteiger partial charge in [-0.2, -0.15) is 0 Å². The summed E-state index contributed by atoms with van der Waals surface area (Å²) in [5.41, 5.74) is 3.17. The first-order valence-corrected chi connectivity index (χ1v) is 11.4. The molecule has 7 heteroatoms. The van der Waals surface area contributed by atoms with Gasteiger partial charge in [-0.3, -0.25) is 14.6 Å². The lowest BCUT2D eigenvalue weighted by molar-refractivity contribution is 0.0705. The van der Waals surface area contributed by atoms with Crippen molar-refractivity contribution in [2.24, 2.45) is 0 Å². The number of methoxy groups -OCH3 is 1. The van der Waals surface area contributed by atoms with Crippen LogP contribution in [-0.2, 0) is 6.54 Å². The van der Waals surface area contributed by atoms with Crippen LogP contribution in [0.5, 0.6) is 5.75 Å². The molecule has 176 valence electrons. The zero-order valence-corrected chi connectivity index (χ0v) is 19.4. The van der Waals surface area contributed by atoms with Crippen molar-refractivity contribution in [3.05, 3.63) is 94.6 Å². The summed E-state index contributed by atoms with van der Waals surface area (Å²) in [6, 6.07) is 17.3. The van der Waals surface area contributed by atoms with E-state index in [0.717, 1.165) is 22.7 Å². The molecule has 1 fully saturated rings. The van der Waals surface area contributed by atoms with Crippen molar-refractivity contribution in [3.8, 4) is 5.75 Å². The van der Waals surface area contributed by atoms with E-state index in [1.54, 1.807) is 24.1 Å². The molecule has 2 heterocycles. The fourth-order valence-electron chi connectivity index (χ4n) is 4.30. The highest BCUT2D eigenvalue weighted by Crippen LogP contribution is 2.30. The van der Waals surface area contributed by atoms with Crippen LogP contribution in [0.1, 0.15) is 56.4 Å². The lowest BCUT2D eigenvalue weighted by Crippen LogP contribution is -2.39. The van der Waals surface area contributed by atoms with E-state index in [1.807, 2.05) is 43.3 Å². The van der Waals surface area contributed by atoms with Crippen LogP contribution in [0.3, 0.4) is 0 Å². The average molecular weight is 462 g/mol. The number of nitrogens with zero attached hydrogens (tertiary/aromatic N) is 2. The Morgan fingerprint density at radius 3 is 2.56 bits per heavy atom. The van der Waals surface area contributed by atoms with Crippen LogP contribution in [-0.4, -0.2) is 41.9 Å². The summed E-state index contributed by atoms with van der Waals surface area (Å²) in [6.07, 6.45) is 1.32. The number of hydrogen-bond acceptors (Lipinski definition) is 4. The van der Waals surface area contributed by atoms with Crippen molar-refractivity contribution >= 4 is 11.8 Å². The van der Waals surface area contributed by atoms with E-state index in [1.165, 1.54) is 12.1 Å². The van der Waals surface area contributed by atoms with Crippen molar-refractivity contribution in [2.45, 2.75) is 32.2 Å². The van der Waals surface area contributed by atoms with Gasteiger partial charge < -0.3 is 15.0 Å². The maximum atomic E-state index is 14.1. The fourth-order valence-corrected chi connectivity index (χ4v) is 4.30. The predicted octanol–water partition coefficient (Wildman–Crippen LogP) is 4.49. The molecule has 3 aromatic rings. The molecule has 2 aromatic carbocycles. The number of pyridine rings is 1. The molecule has 1 aromatic heterocycles. The zero-order chi connectivity index (χ0) is 24.1. The second-order valence-corrected chi connectivity index (χ2v) is 8.47. The van der Waals surface area contributed by atoms with Crippen molar-refractivity contribution in [2.75, 3.05) is 20.2 Å². The molecule has 2 amide bonds. The maximum absolute atomic E-state index is 14.1. The van der Waals surface area contributed by atoms with E-state index in [9.17, 15) is 14.0 Å². The highest BCUT2D eigenvalue weighted by molar-refractivity contribution is 5.96. The minimum Gasteiger partial charge on any atom is -0.497 e. The normalized spacial score (nSPS) is 14.0. The number of ether oxygens (including phenoxy) is 1. The number of nitrogens with one attached hydrogen (secondary N) is 1. The van der Waals surface area contributed by atoms with E-state index >= 15 is 0 Å². The summed E-state index contributed by atoms with van der Waals surface area (Å²) in [7, 11) is 1.61. The van der Waals surface area contributed by atoms with Crippen molar-refractivity contribution < 1.29 is 18.7 Å². The van der Waals surface area contributed by atoms with Crippen molar-refractivity contribution in [3.63, 3.8) is 0 Å². The van der Waals surface area contributed by atoms with E-state index in [4.69, 9.17) is 9.72 Å². The van der Waals surface area contributed by atoms with Gasteiger partial charge >= 0.3 is 0 Å². The molecule has 0 saturated carbocycles. The van der Waals surface area contributed by atoms with Crippen LogP contribution in [0, 0.1) is 12.7 Å². The number of aryl methyl sites for hydroxylation is 1. The number of benzene rings is 2. The average Bonchev–Trinajstić information content (AvgIpc) is 2.87. The summed E-state index contributed by atoms with van der Waals surface area (Å²) < 4.78 is 19.3. The fraction of sp³-hybridized carbons (Fsp3) is 0.296. The summed E-state index contributed by atoms with van der Waals surface area (Å²) in [4.78, 5) is 32.2. The van der Waals surface area contributed by atoms with Crippen LogP contribution in [0.2, 0.25) is 0 Å². The number of aromatic nitrogens is 1. The van der Waals surface area contributed by atoms with E-state index in [0.29, 0.717) is 38.0 Å². The highest BCUT2D eigenvalue weighted by Gasteiger charge is 2.29. The maximum Gasteiger partial charge on any atom is 0.256 e. The number of hydrogen-bond donors (Lipinski definition) is 1. The Labute approximate surface area is 198 Å². The van der Waals surface area contributed by atoms with Crippen LogP contribution in [0.4, 0.5) is 4.39 Å². The third-order valence-electron chi connectivity index (χ3n) is 6.17. The number of carbonyl (C=O) groups is 2. The van der Waals surface area contributed by atoms with Crippen LogP contribution < -0.4 is 10.1 Å². The number of amides is 2. The Morgan fingerprint density at radius 2 is 1.82 bits per heavy atom. The first-order valence-electron chi connectivity index (χ1n) is 11.4. The molecule has 0 aliphatic carbocycles. The summed E-state index contributed by atoms with van der Waals surface area (Å²) >= 11 is 0. The molecule has 4 rings (SSSR count). The minimum absolute atomic E-state index is 0.0436. The molecule has 0 bridgehead atoms. The SMILES string of the molecule is COc1cccc(CNC(=O)c2ccc(C)nc2C2CCN(C(=O)c3ccccc3F)CC2)c1. The van der Waals surface area contributed by atoms with Gasteiger partial charge in [0.1, 0.15) is 11.6 Å². The van der Waals surface area contributed by atoms with Crippen LogP contribution in [0.15, 0.2) is 60.7 Å². The molecule has 6 nitrogen and oxygen atoms in total. The lowest BCUT2D eigenvalue weighted by atomic mass is 9.89. The molecular weight excluding hydrogens is 433 g/mol. The van der Waals surface area contributed by atoms with Gasteiger partial charge in [-0.1, -0.05) is 24.3 Å². The van der Waals surface area contributed by atoms with Crippen molar-refractivity contribution in [1.29, 1.82) is 0 Å². The van der Waals surface area contributed by atoms with Gasteiger partial charge in [0, 0.05) is 31.2 Å². The molecule has 0 unspecified atom stereocenters. The summed E-state index contributed by atoms with van der Waals surface area (Å²) in [6.45, 7) is 3.24. The number of likely N-dealkylation sites (tertiary alicyclic amines) is 1. The third kappa shape index (κ3) is 5.25. The zero-order valence-electron chi connectivity index (χ0n) is 19.4. The number of carbonyl (C=O) groups excluding carboxylic acids is 2. The quantitative estimate of drug-likeness (QED) is 0.587. The van der Waals surface area contributed by atoms with Gasteiger partial charge in [0.15, 0.2) is 0 Å². The molecule has 1 N–H and O–H groups in total. The standard InChI is InChI=1S/C27H28FN3O3/c1-18-10-11-23(26(32)29-17-19-6-5-7-21(16-19)34-2)25(30-18)20-12-14-31(15-13-20)27(33)22-8-3-4-9-24(22)28/h3-11,16,20H,12-15,17H2,1-2H3,(H,29,32). The Kier molecular flexibility index (Phi) is 7.21. The first kappa shape index (κ1) is 23.4. The van der Waals surface area contributed by atoms with Gasteiger partial charge in [0.05, 0.1) is 23.9 Å². The third-order valence-corrected chi connectivity index (χ3v) is 6.17. The van der Waals surface area contributed by atoms with Gasteiger partial charge in [0.2, 0.25) is 0 Å². The van der Waals surface area contributed by atoms with Crippen molar-refractivity contribution in [1.82, 2.24) is 15.2 Å². The molecule has 1 saturated heterocycles. The molecule has 0 spiro atoms. The molecule has 0 radical (unpaired) electrons. The topological polar surface area (TPSA) is 71.5 Å². The Morgan fingerprint density at radius 1 is 1.06 bits per heavy atom. The second kappa shape index (κ2) is 10.5. The summed E-state index contributed by atoms with van der Waals surface area (Å²) in [5.74, 6) is -0.214. The monoisotopic (exact) mass is 461 g/mol. The highest BCUT2D eigenvalue weighted by atomic mass is 19.1. The summed E-state index contributed by atoms with van der Waals surface area (Å²) in [5, 5.41) is 2.98. The molecule has 1 aliphatic heterocycles. The van der Waals surface area contributed by atoms with E-state index in [-0.39, 0.29) is 23.3 Å². The van der Waals surface area contributed by atoms with E-state index < -0.39 is 5.82 Å². The Balaban J connectivity index is 1.44. The predicted molar refractivity (Wildman–Crippen MR) is 127 cm³/mol. The van der Waals surface area contributed by atoms with Crippen LogP contribution >= 0.6 is 0 Å². The minimum atomic E-state index is -0.509. The lowest BCUT2D eigenvalue weighted by Gasteiger charge is -2.32. The Hall–Kier alpha value is -3.74. The van der Waals surface area contributed by atoms with Gasteiger partial charge in [-0.15, -0.1) is 0 Å². The largest absolute Gasteiger partial charge is 0.497 e. The van der Waals surface area contributed by atoms with Gasteiger partial charge in [-0.25, -0.2) is 4.39 Å². The van der Waals surface area contributed by atoms with Gasteiger partial charge in [-0.05, 0) is 61.7 Å². The molecule has 34 heavy (non-hydrogen) atoms. The van der Waals surface area contributed by atoms with Crippen LogP contribution in [0.25, 0.3) is 0 Å². The number of rotatable bonds is 6. The molecular formula is C27H28FN3O3. The smallest absolute Gasteiger partial charge is 0.256 e. The number of piperidine rings is 1.